The van der Waals surface area contributed by atoms with Crippen LogP contribution >= 0.6 is 15.9 Å². The number of rotatable bonds is 3. The molecular formula is C17H13BrO2S. The third-order valence-corrected chi connectivity index (χ3v) is 5.78. The molecule has 0 heterocycles. The van der Waals surface area contributed by atoms with Gasteiger partial charge in [-0.25, -0.2) is 8.42 Å². The van der Waals surface area contributed by atoms with Crippen LogP contribution in [-0.2, 0) is 15.2 Å². The van der Waals surface area contributed by atoms with Crippen molar-refractivity contribution in [1.82, 2.24) is 0 Å². The SMILES string of the molecule is O=S(=O)(c1ccccc1)c1cc(CBr)c2ccccc2c1. The Bertz CT molecular complexity index is 887. The van der Waals surface area contributed by atoms with Gasteiger partial charge in [-0.1, -0.05) is 58.4 Å². The fourth-order valence-corrected chi connectivity index (χ4v) is 4.19. The fourth-order valence-electron chi connectivity index (χ4n) is 2.36. The zero-order chi connectivity index (χ0) is 14.9. The molecule has 21 heavy (non-hydrogen) atoms. The minimum Gasteiger partial charge on any atom is -0.219 e. The van der Waals surface area contributed by atoms with E-state index in [0.29, 0.717) is 15.1 Å². The van der Waals surface area contributed by atoms with Crippen LogP contribution in [0, 0.1) is 0 Å². The molecule has 0 aliphatic heterocycles. The number of hydrogen-bond acceptors (Lipinski definition) is 2. The second-order valence-electron chi connectivity index (χ2n) is 4.75. The standard InChI is InChI=1S/C17H13BrO2S/c18-12-14-11-16(10-13-6-4-5-9-17(13)14)21(19,20)15-7-2-1-3-8-15/h1-11H,12H2. The minimum atomic E-state index is -3.48. The maximum Gasteiger partial charge on any atom is 0.206 e. The first-order valence-electron chi connectivity index (χ1n) is 6.51. The smallest absolute Gasteiger partial charge is 0.206 e. The van der Waals surface area contributed by atoms with Crippen LogP contribution in [-0.4, -0.2) is 8.42 Å². The van der Waals surface area contributed by atoms with E-state index < -0.39 is 9.84 Å². The largest absolute Gasteiger partial charge is 0.219 e. The number of fused-ring (bicyclic) bond motifs is 1. The molecule has 0 aromatic heterocycles. The predicted octanol–water partition coefficient (Wildman–Crippen LogP) is 4.57. The highest BCUT2D eigenvalue weighted by Gasteiger charge is 2.18. The topological polar surface area (TPSA) is 34.1 Å². The van der Waals surface area contributed by atoms with Crippen LogP contribution in [0.4, 0.5) is 0 Å². The molecular weight excluding hydrogens is 348 g/mol. The minimum absolute atomic E-state index is 0.320. The second-order valence-corrected chi connectivity index (χ2v) is 7.26. The van der Waals surface area contributed by atoms with E-state index in [0.717, 1.165) is 16.3 Å². The molecule has 0 saturated carbocycles. The summed E-state index contributed by atoms with van der Waals surface area (Å²) >= 11 is 3.44. The molecule has 0 bridgehead atoms. The maximum absolute atomic E-state index is 12.7. The Balaban J connectivity index is 2.26. The first-order chi connectivity index (χ1) is 10.1. The van der Waals surface area contributed by atoms with Gasteiger partial charge in [0, 0.05) is 5.33 Å². The molecule has 106 valence electrons. The molecule has 0 spiro atoms. The van der Waals surface area contributed by atoms with E-state index in [-0.39, 0.29) is 0 Å². The summed E-state index contributed by atoms with van der Waals surface area (Å²) in [6.07, 6.45) is 0. The van der Waals surface area contributed by atoms with Crippen molar-refractivity contribution in [2.24, 2.45) is 0 Å². The second kappa shape index (κ2) is 5.62. The summed E-state index contributed by atoms with van der Waals surface area (Å²) in [5.74, 6) is 0. The van der Waals surface area contributed by atoms with Crippen molar-refractivity contribution in [3.63, 3.8) is 0 Å². The van der Waals surface area contributed by atoms with Crippen LogP contribution in [0.1, 0.15) is 5.56 Å². The zero-order valence-electron chi connectivity index (χ0n) is 11.2. The van der Waals surface area contributed by atoms with Gasteiger partial charge in [0.05, 0.1) is 9.79 Å². The lowest BCUT2D eigenvalue weighted by atomic mass is 10.1. The number of hydrogen-bond donors (Lipinski definition) is 0. The van der Waals surface area contributed by atoms with E-state index in [1.807, 2.05) is 30.3 Å². The Hall–Kier alpha value is -1.65. The summed E-state index contributed by atoms with van der Waals surface area (Å²) in [6, 6.07) is 19.8. The van der Waals surface area contributed by atoms with Gasteiger partial charge in [-0.05, 0) is 40.6 Å². The number of sulfone groups is 1. The van der Waals surface area contributed by atoms with E-state index in [1.165, 1.54) is 0 Å². The molecule has 0 unspecified atom stereocenters. The molecule has 0 N–H and O–H groups in total. The molecule has 0 aliphatic carbocycles. The van der Waals surface area contributed by atoms with E-state index in [2.05, 4.69) is 15.9 Å². The van der Waals surface area contributed by atoms with E-state index >= 15 is 0 Å². The van der Waals surface area contributed by atoms with Crippen molar-refractivity contribution in [1.29, 1.82) is 0 Å². The van der Waals surface area contributed by atoms with Crippen LogP contribution in [0.15, 0.2) is 76.5 Å². The number of benzene rings is 3. The molecule has 3 rings (SSSR count). The Labute approximate surface area is 132 Å². The average Bonchev–Trinajstić information content (AvgIpc) is 2.54. The highest BCUT2D eigenvalue weighted by molar-refractivity contribution is 9.08. The van der Waals surface area contributed by atoms with Gasteiger partial charge in [0.25, 0.3) is 0 Å². The van der Waals surface area contributed by atoms with Crippen molar-refractivity contribution >= 4 is 36.5 Å². The van der Waals surface area contributed by atoms with Crippen LogP contribution in [0.2, 0.25) is 0 Å². The summed E-state index contributed by atoms with van der Waals surface area (Å²) in [5, 5.41) is 2.62. The molecule has 2 nitrogen and oxygen atoms in total. The molecule has 4 heteroatoms. The van der Waals surface area contributed by atoms with Gasteiger partial charge in [0.15, 0.2) is 0 Å². The van der Waals surface area contributed by atoms with Crippen LogP contribution in [0.5, 0.6) is 0 Å². The van der Waals surface area contributed by atoms with Gasteiger partial charge in [0.2, 0.25) is 9.84 Å². The van der Waals surface area contributed by atoms with Crippen molar-refractivity contribution in [3.05, 3.63) is 72.3 Å². The van der Waals surface area contributed by atoms with Gasteiger partial charge in [-0.3, -0.25) is 0 Å². The quantitative estimate of drug-likeness (QED) is 0.641. The van der Waals surface area contributed by atoms with Gasteiger partial charge >= 0.3 is 0 Å². The summed E-state index contributed by atoms with van der Waals surface area (Å²) in [6.45, 7) is 0. The van der Waals surface area contributed by atoms with E-state index in [1.54, 1.807) is 36.4 Å². The average molecular weight is 361 g/mol. The Morgan fingerprint density at radius 1 is 0.810 bits per heavy atom. The summed E-state index contributed by atoms with van der Waals surface area (Å²) < 4.78 is 25.5. The first-order valence-corrected chi connectivity index (χ1v) is 9.11. The van der Waals surface area contributed by atoms with Gasteiger partial charge in [0.1, 0.15) is 0 Å². The van der Waals surface area contributed by atoms with Gasteiger partial charge < -0.3 is 0 Å². The van der Waals surface area contributed by atoms with E-state index in [9.17, 15) is 8.42 Å². The van der Waals surface area contributed by atoms with E-state index in [4.69, 9.17) is 0 Å². The number of halogens is 1. The predicted molar refractivity (Wildman–Crippen MR) is 88.5 cm³/mol. The molecule has 3 aromatic rings. The highest BCUT2D eigenvalue weighted by atomic mass is 79.9. The molecule has 0 fully saturated rings. The maximum atomic E-state index is 12.7. The Morgan fingerprint density at radius 3 is 2.19 bits per heavy atom. The van der Waals surface area contributed by atoms with Crippen molar-refractivity contribution < 1.29 is 8.42 Å². The number of alkyl halides is 1. The summed E-state index contributed by atoms with van der Waals surface area (Å²) in [4.78, 5) is 0.655. The van der Waals surface area contributed by atoms with Crippen molar-refractivity contribution in [3.8, 4) is 0 Å². The van der Waals surface area contributed by atoms with Crippen LogP contribution in [0.25, 0.3) is 10.8 Å². The lowest BCUT2D eigenvalue weighted by Crippen LogP contribution is -2.02. The fraction of sp³-hybridized carbons (Fsp3) is 0.0588. The molecule has 0 amide bonds. The lowest BCUT2D eigenvalue weighted by Gasteiger charge is -2.09. The highest BCUT2D eigenvalue weighted by Crippen LogP contribution is 2.28. The third kappa shape index (κ3) is 2.61. The molecule has 0 atom stereocenters. The molecule has 0 radical (unpaired) electrons. The van der Waals surface area contributed by atoms with Crippen molar-refractivity contribution in [2.45, 2.75) is 15.1 Å². The third-order valence-electron chi connectivity index (χ3n) is 3.43. The summed E-state index contributed by atoms with van der Waals surface area (Å²) in [7, 11) is -3.48. The van der Waals surface area contributed by atoms with Crippen LogP contribution < -0.4 is 0 Å². The van der Waals surface area contributed by atoms with Gasteiger partial charge in [-0.15, -0.1) is 0 Å². The summed E-state index contributed by atoms with van der Waals surface area (Å²) in [5.41, 5.74) is 0.975. The zero-order valence-corrected chi connectivity index (χ0v) is 13.6. The molecule has 3 aromatic carbocycles. The van der Waals surface area contributed by atoms with Gasteiger partial charge in [-0.2, -0.15) is 0 Å². The van der Waals surface area contributed by atoms with Crippen LogP contribution in [0.3, 0.4) is 0 Å². The first kappa shape index (κ1) is 14.3. The monoisotopic (exact) mass is 360 g/mol. The molecule has 0 saturated heterocycles. The normalized spacial score (nSPS) is 11.7. The molecule has 0 aliphatic rings. The lowest BCUT2D eigenvalue weighted by molar-refractivity contribution is 0.596. The Morgan fingerprint density at radius 2 is 1.48 bits per heavy atom. The Kier molecular flexibility index (Phi) is 3.83. The van der Waals surface area contributed by atoms with Crippen molar-refractivity contribution in [2.75, 3.05) is 0 Å².